The van der Waals surface area contributed by atoms with E-state index < -0.39 is 54.9 Å². The molecule has 182 valence electrons. The molecule has 1 heterocycles. The Morgan fingerprint density at radius 1 is 0.667 bits per heavy atom. The molecule has 36 heavy (non-hydrogen) atoms. The summed E-state index contributed by atoms with van der Waals surface area (Å²) in [4.78, 5) is 64.3. The second-order valence-electron chi connectivity index (χ2n) is 8.21. The summed E-state index contributed by atoms with van der Waals surface area (Å²) in [6.45, 7) is -2.20. The zero-order valence-corrected chi connectivity index (χ0v) is 19.0. The molecule has 0 bridgehead atoms. The van der Waals surface area contributed by atoms with Crippen molar-refractivity contribution >= 4 is 29.7 Å². The Morgan fingerprint density at radius 2 is 1.06 bits per heavy atom. The normalized spacial score (nSPS) is 12.7. The Balaban J connectivity index is 1.61. The average Bonchev–Trinajstić information content (AvgIpc) is 3.15. The van der Waals surface area contributed by atoms with Crippen LogP contribution in [-0.2, 0) is 14.3 Å². The van der Waals surface area contributed by atoms with Gasteiger partial charge in [-0.1, -0.05) is 48.5 Å². The van der Waals surface area contributed by atoms with E-state index in [0.717, 1.165) is 4.90 Å². The zero-order valence-electron chi connectivity index (χ0n) is 19.0. The van der Waals surface area contributed by atoms with Gasteiger partial charge in [-0.2, -0.15) is 0 Å². The summed E-state index contributed by atoms with van der Waals surface area (Å²) >= 11 is 0. The van der Waals surface area contributed by atoms with E-state index in [2.05, 4.69) is 0 Å². The van der Waals surface area contributed by atoms with Gasteiger partial charge >= 0.3 is 17.9 Å². The van der Waals surface area contributed by atoms with Crippen LogP contribution in [0.1, 0.15) is 41.4 Å². The maximum absolute atomic E-state index is 12.9. The summed E-state index contributed by atoms with van der Waals surface area (Å²) in [6, 6.07) is 21.9. The number of carbonyl (C=O) groups is 5. The monoisotopic (exact) mass is 487 g/mol. The van der Waals surface area contributed by atoms with Crippen LogP contribution in [0.5, 0.6) is 0 Å². The number of imide groups is 1. The van der Waals surface area contributed by atoms with Crippen molar-refractivity contribution in [2.45, 2.75) is 0 Å². The Kier molecular flexibility index (Phi) is 6.91. The van der Waals surface area contributed by atoms with Crippen molar-refractivity contribution in [1.29, 1.82) is 0 Å². The number of benzene rings is 3. The molecule has 0 aromatic heterocycles. The molecule has 1 aliphatic heterocycles. The molecule has 0 unspecified atom stereocenters. The Labute approximate surface area is 205 Å². The van der Waals surface area contributed by atoms with Crippen molar-refractivity contribution in [2.75, 3.05) is 19.8 Å². The van der Waals surface area contributed by atoms with E-state index in [-0.39, 0.29) is 22.3 Å². The fraction of sp³-hybridized carbons (Fsp3) is 0.148. The Morgan fingerprint density at radius 3 is 1.44 bits per heavy atom. The average molecular weight is 487 g/mol. The summed E-state index contributed by atoms with van der Waals surface area (Å²) in [6.07, 6.45) is 0. The van der Waals surface area contributed by atoms with Gasteiger partial charge in [-0.15, -0.1) is 0 Å². The number of aliphatic carboxylic acids is 1. The van der Waals surface area contributed by atoms with Gasteiger partial charge in [0.2, 0.25) is 0 Å². The maximum atomic E-state index is 12.9. The lowest BCUT2D eigenvalue weighted by Gasteiger charge is -2.31. The maximum Gasteiger partial charge on any atom is 0.338 e. The van der Waals surface area contributed by atoms with Crippen molar-refractivity contribution in [3.05, 3.63) is 107 Å². The number of nitrogens with zero attached hydrogens (tertiary/aromatic N) is 1. The summed E-state index contributed by atoms with van der Waals surface area (Å²) in [5, 5.41) is 10.2. The van der Waals surface area contributed by atoms with E-state index in [4.69, 9.17) is 9.47 Å². The zero-order chi connectivity index (χ0) is 25.7. The first-order chi connectivity index (χ1) is 17.3. The molecule has 0 saturated heterocycles. The van der Waals surface area contributed by atoms with E-state index in [0.29, 0.717) is 0 Å². The topological polar surface area (TPSA) is 127 Å². The molecule has 1 aliphatic rings. The standard InChI is InChI=1S/C27H21NO8/c29-22-20-13-7-8-14-21(20)23(30)28(22)15-27(26(33)34,16-35-24(31)18-9-3-1-4-10-18)17-36-25(32)19-11-5-2-6-12-19/h1-14H,15-17H2,(H,33,34). The highest BCUT2D eigenvalue weighted by Gasteiger charge is 2.48. The van der Waals surface area contributed by atoms with Crippen LogP contribution in [0.25, 0.3) is 0 Å². The van der Waals surface area contributed by atoms with Crippen LogP contribution in [-0.4, -0.2) is 59.5 Å². The molecule has 0 aliphatic carbocycles. The predicted octanol–water partition coefficient (Wildman–Crippen LogP) is 3.07. The minimum absolute atomic E-state index is 0.129. The van der Waals surface area contributed by atoms with Crippen molar-refractivity contribution < 1.29 is 38.6 Å². The lowest BCUT2D eigenvalue weighted by molar-refractivity contribution is -0.155. The predicted molar refractivity (Wildman–Crippen MR) is 125 cm³/mol. The molecular formula is C27H21NO8. The molecular weight excluding hydrogens is 466 g/mol. The van der Waals surface area contributed by atoms with Gasteiger partial charge in [0.25, 0.3) is 11.8 Å². The lowest BCUT2D eigenvalue weighted by atomic mass is 9.89. The SMILES string of the molecule is O=C(OCC(COC(=O)c1ccccc1)(CN1C(=O)c2ccccc2C1=O)C(=O)O)c1ccccc1. The quantitative estimate of drug-likeness (QED) is 0.360. The third-order valence-corrected chi connectivity index (χ3v) is 5.77. The number of esters is 2. The van der Waals surface area contributed by atoms with Gasteiger partial charge < -0.3 is 14.6 Å². The van der Waals surface area contributed by atoms with Gasteiger partial charge in [-0.25, -0.2) is 9.59 Å². The van der Waals surface area contributed by atoms with E-state index in [1.807, 2.05) is 0 Å². The summed E-state index contributed by atoms with van der Waals surface area (Å²) < 4.78 is 10.6. The largest absolute Gasteiger partial charge is 0.481 e. The number of hydrogen-bond donors (Lipinski definition) is 1. The highest BCUT2D eigenvalue weighted by Crippen LogP contribution is 2.29. The second-order valence-corrected chi connectivity index (χ2v) is 8.21. The van der Waals surface area contributed by atoms with Crippen LogP contribution < -0.4 is 0 Å². The number of rotatable bonds is 9. The van der Waals surface area contributed by atoms with E-state index in [1.54, 1.807) is 48.5 Å². The molecule has 0 radical (unpaired) electrons. The summed E-state index contributed by atoms with van der Waals surface area (Å²) in [5.41, 5.74) is -1.51. The number of ether oxygens (including phenoxy) is 2. The van der Waals surface area contributed by atoms with Crippen LogP contribution in [0.3, 0.4) is 0 Å². The molecule has 3 aromatic rings. The van der Waals surface area contributed by atoms with E-state index in [1.165, 1.54) is 36.4 Å². The van der Waals surface area contributed by atoms with Crippen LogP contribution >= 0.6 is 0 Å². The highest BCUT2D eigenvalue weighted by atomic mass is 16.6. The fourth-order valence-corrected chi connectivity index (χ4v) is 3.73. The number of carboxylic acids is 1. The third kappa shape index (κ3) is 4.85. The van der Waals surface area contributed by atoms with Gasteiger partial charge in [-0.3, -0.25) is 19.3 Å². The summed E-state index contributed by atoms with van der Waals surface area (Å²) in [5.74, 6) is -4.51. The number of fused-ring (bicyclic) bond motifs is 1. The van der Waals surface area contributed by atoms with Gasteiger partial charge in [0.15, 0.2) is 5.41 Å². The Hall–Kier alpha value is -4.79. The van der Waals surface area contributed by atoms with Crippen molar-refractivity contribution in [1.82, 2.24) is 4.90 Å². The smallest absolute Gasteiger partial charge is 0.338 e. The molecule has 9 heteroatoms. The summed E-state index contributed by atoms with van der Waals surface area (Å²) in [7, 11) is 0. The van der Waals surface area contributed by atoms with Gasteiger partial charge in [0, 0.05) is 0 Å². The minimum Gasteiger partial charge on any atom is -0.481 e. The van der Waals surface area contributed by atoms with Gasteiger partial charge in [-0.05, 0) is 36.4 Å². The van der Waals surface area contributed by atoms with Crippen molar-refractivity contribution in [2.24, 2.45) is 5.41 Å². The van der Waals surface area contributed by atoms with Crippen molar-refractivity contribution in [3.63, 3.8) is 0 Å². The highest BCUT2D eigenvalue weighted by molar-refractivity contribution is 6.21. The van der Waals surface area contributed by atoms with E-state index in [9.17, 15) is 29.1 Å². The van der Waals surface area contributed by atoms with Gasteiger partial charge in [0.1, 0.15) is 13.2 Å². The first-order valence-electron chi connectivity index (χ1n) is 11.0. The molecule has 0 saturated carbocycles. The van der Waals surface area contributed by atoms with Crippen LogP contribution in [0.15, 0.2) is 84.9 Å². The van der Waals surface area contributed by atoms with Crippen LogP contribution in [0, 0.1) is 5.41 Å². The molecule has 9 nitrogen and oxygen atoms in total. The van der Waals surface area contributed by atoms with Crippen LogP contribution in [0.4, 0.5) is 0 Å². The number of amides is 2. The number of carbonyl (C=O) groups excluding carboxylic acids is 4. The molecule has 1 N–H and O–H groups in total. The molecule has 0 spiro atoms. The van der Waals surface area contributed by atoms with Crippen molar-refractivity contribution in [3.8, 4) is 0 Å². The molecule has 0 fully saturated rings. The molecule has 3 aromatic carbocycles. The first kappa shape index (κ1) is 24.3. The lowest BCUT2D eigenvalue weighted by Crippen LogP contribution is -2.51. The molecule has 0 atom stereocenters. The third-order valence-electron chi connectivity index (χ3n) is 5.77. The van der Waals surface area contributed by atoms with Crippen LogP contribution in [0.2, 0.25) is 0 Å². The number of carboxylic acid groups (broad SMARTS) is 1. The number of hydrogen-bond acceptors (Lipinski definition) is 7. The fourth-order valence-electron chi connectivity index (χ4n) is 3.73. The first-order valence-corrected chi connectivity index (χ1v) is 11.0. The Bertz CT molecular complexity index is 1230. The minimum atomic E-state index is -2.12. The molecule has 2 amide bonds. The van der Waals surface area contributed by atoms with E-state index >= 15 is 0 Å². The molecule has 4 rings (SSSR count). The second kappa shape index (κ2) is 10.2. The van der Waals surface area contributed by atoms with Gasteiger partial charge in [0.05, 0.1) is 28.8 Å².